The predicted molar refractivity (Wildman–Crippen MR) is 47.8 cm³/mol. The fourth-order valence-electron chi connectivity index (χ4n) is 1.17. The van der Waals surface area contributed by atoms with Gasteiger partial charge in [0.2, 0.25) is 0 Å². The summed E-state index contributed by atoms with van der Waals surface area (Å²) in [6.45, 7) is -1.13. The maximum absolute atomic E-state index is 12.5. The van der Waals surface area contributed by atoms with Crippen LogP contribution in [0.1, 0.15) is 23.1 Å². The lowest BCUT2D eigenvalue weighted by Crippen LogP contribution is -2.13. The van der Waals surface area contributed by atoms with E-state index in [4.69, 9.17) is 5.11 Å². The monoisotopic (exact) mass is 305 g/mol. The highest BCUT2D eigenvalue weighted by Gasteiger charge is 2.36. The third-order valence-corrected chi connectivity index (χ3v) is 2.49. The van der Waals surface area contributed by atoms with Gasteiger partial charge in [-0.25, -0.2) is 13.8 Å². The van der Waals surface area contributed by atoms with Crippen LogP contribution in [0.2, 0.25) is 0 Å². The Morgan fingerprint density at radius 1 is 1.38 bits per heavy atom. The second kappa shape index (κ2) is 4.62. The van der Waals surface area contributed by atoms with Crippen LogP contribution in [0, 0.1) is 0 Å². The minimum atomic E-state index is -4.82. The first kappa shape index (κ1) is 13.3. The third-order valence-electron chi connectivity index (χ3n) is 1.86. The summed E-state index contributed by atoms with van der Waals surface area (Å²) in [5, 5.41) is 8.75. The molecule has 16 heavy (non-hydrogen) atoms. The van der Waals surface area contributed by atoms with Crippen molar-refractivity contribution in [2.24, 2.45) is 0 Å². The molecule has 0 saturated heterocycles. The first-order valence-corrected chi connectivity index (χ1v) is 4.71. The van der Waals surface area contributed by atoms with Crippen molar-refractivity contribution in [3.8, 4) is 0 Å². The molecule has 0 aliphatic carbocycles. The van der Waals surface area contributed by atoms with Gasteiger partial charge in [-0.15, -0.1) is 0 Å². The van der Waals surface area contributed by atoms with E-state index in [1.165, 1.54) is 0 Å². The molecular formula is C8H5BrF5NO. The fourth-order valence-corrected chi connectivity index (χ4v) is 1.69. The maximum Gasteiger partial charge on any atom is 0.418 e. The summed E-state index contributed by atoms with van der Waals surface area (Å²) in [6, 6.07) is 0. The van der Waals surface area contributed by atoms with E-state index in [0.29, 0.717) is 6.20 Å². The summed E-state index contributed by atoms with van der Waals surface area (Å²) in [4.78, 5) is 3.18. The average Bonchev–Trinajstić information content (AvgIpc) is 2.14. The smallest absolute Gasteiger partial charge is 0.392 e. The van der Waals surface area contributed by atoms with Gasteiger partial charge in [0.05, 0.1) is 17.7 Å². The van der Waals surface area contributed by atoms with Crippen molar-refractivity contribution in [3.05, 3.63) is 27.5 Å². The molecule has 2 nitrogen and oxygen atoms in total. The highest BCUT2D eigenvalue weighted by Crippen LogP contribution is 2.38. The van der Waals surface area contributed by atoms with Gasteiger partial charge in [-0.2, -0.15) is 13.2 Å². The molecule has 0 bridgehead atoms. The Hall–Kier alpha value is -0.760. The Morgan fingerprint density at radius 2 is 1.94 bits per heavy atom. The molecule has 0 saturated carbocycles. The van der Waals surface area contributed by atoms with Gasteiger partial charge in [0.15, 0.2) is 0 Å². The summed E-state index contributed by atoms with van der Waals surface area (Å²) in [7, 11) is 0. The van der Waals surface area contributed by atoms with E-state index in [-0.39, 0.29) is 0 Å². The van der Waals surface area contributed by atoms with E-state index in [9.17, 15) is 22.0 Å². The SMILES string of the molecule is OCc1c(C(F)(F)F)cnc(Br)c1C(F)F. The first-order valence-electron chi connectivity index (χ1n) is 3.92. The molecule has 8 heteroatoms. The van der Waals surface area contributed by atoms with Crippen LogP contribution in [-0.2, 0) is 12.8 Å². The summed E-state index contributed by atoms with van der Waals surface area (Å²) in [6.07, 6.45) is -7.57. The Kier molecular flexibility index (Phi) is 3.84. The van der Waals surface area contributed by atoms with E-state index >= 15 is 0 Å². The highest BCUT2D eigenvalue weighted by molar-refractivity contribution is 9.10. The Labute approximate surface area is 95.2 Å². The van der Waals surface area contributed by atoms with Crippen molar-refractivity contribution in [3.63, 3.8) is 0 Å². The summed E-state index contributed by atoms with van der Waals surface area (Å²) >= 11 is 2.62. The van der Waals surface area contributed by atoms with Crippen molar-refractivity contribution >= 4 is 15.9 Å². The minimum absolute atomic E-state index is 0.403. The van der Waals surface area contributed by atoms with Crippen LogP contribution >= 0.6 is 15.9 Å². The fraction of sp³-hybridized carbons (Fsp3) is 0.375. The second-order valence-corrected chi connectivity index (χ2v) is 3.56. The predicted octanol–water partition coefficient (Wildman–Crippen LogP) is 3.29. The molecule has 90 valence electrons. The van der Waals surface area contributed by atoms with E-state index in [2.05, 4.69) is 20.9 Å². The molecule has 0 unspecified atom stereocenters. The number of halogens is 6. The first-order chi connectivity index (χ1) is 7.29. The summed E-state index contributed by atoms with van der Waals surface area (Å²) in [5.74, 6) is 0. The van der Waals surface area contributed by atoms with Crippen molar-refractivity contribution in [1.82, 2.24) is 4.98 Å². The van der Waals surface area contributed by atoms with Gasteiger partial charge in [0.1, 0.15) is 4.60 Å². The van der Waals surface area contributed by atoms with Crippen molar-refractivity contribution in [2.75, 3.05) is 0 Å². The summed E-state index contributed by atoms with van der Waals surface area (Å²) in [5.41, 5.74) is -3.14. The van der Waals surface area contributed by atoms with Crippen LogP contribution in [0.5, 0.6) is 0 Å². The largest absolute Gasteiger partial charge is 0.418 e. The second-order valence-electron chi connectivity index (χ2n) is 2.81. The van der Waals surface area contributed by atoms with E-state index in [1.54, 1.807) is 0 Å². The Morgan fingerprint density at radius 3 is 2.31 bits per heavy atom. The highest BCUT2D eigenvalue weighted by atomic mass is 79.9. The average molecular weight is 306 g/mol. The number of rotatable bonds is 2. The lowest BCUT2D eigenvalue weighted by atomic mass is 10.1. The number of hydrogen-bond donors (Lipinski definition) is 1. The van der Waals surface area contributed by atoms with Gasteiger partial charge in [-0.3, -0.25) is 0 Å². The van der Waals surface area contributed by atoms with Crippen LogP contribution in [0.4, 0.5) is 22.0 Å². The number of alkyl halides is 5. The van der Waals surface area contributed by atoms with Gasteiger partial charge in [0, 0.05) is 11.8 Å². The Bertz CT molecular complexity index is 393. The topological polar surface area (TPSA) is 33.1 Å². The lowest BCUT2D eigenvalue weighted by molar-refractivity contribution is -0.139. The molecule has 0 radical (unpaired) electrons. The van der Waals surface area contributed by atoms with E-state index < -0.39 is 40.5 Å². The number of aromatic nitrogens is 1. The van der Waals surface area contributed by atoms with Gasteiger partial charge in [-0.1, -0.05) is 0 Å². The molecule has 0 aliphatic heterocycles. The van der Waals surface area contributed by atoms with Crippen molar-refractivity contribution < 1.29 is 27.1 Å². The normalized spacial score (nSPS) is 12.2. The van der Waals surface area contributed by atoms with Crippen LogP contribution in [-0.4, -0.2) is 10.1 Å². The van der Waals surface area contributed by atoms with E-state index in [1.807, 2.05) is 0 Å². The molecule has 0 aromatic carbocycles. The van der Waals surface area contributed by atoms with Gasteiger partial charge >= 0.3 is 6.18 Å². The molecule has 1 heterocycles. The summed E-state index contributed by atoms with van der Waals surface area (Å²) < 4.78 is 61.8. The van der Waals surface area contributed by atoms with Crippen molar-refractivity contribution in [1.29, 1.82) is 0 Å². The quantitative estimate of drug-likeness (QED) is 0.672. The number of hydrogen-bond acceptors (Lipinski definition) is 2. The molecule has 0 spiro atoms. The van der Waals surface area contributed by atoms with Gasteiger partial charge in [0.25, 0.3) is 6.43 Å². The van der Waals surface area contributed by atoms with Gasteiger partial charge in [-0.05, 0) is 15.9 Å². The number of pyridine rings is 1. The van der Waals surface area contributed by atoms with Crippen LogP contribution in [0.3, 0.4) is 0 Å². The molecule has 1 N–H and O–H groups in total. The molecule has 0 atom stereocenters. The Balaban J connectivity index is 3.49. The standard InChI is InChI=1S/C8H5BrF5NO/c9-6-5(7(10)11)3(2-16)4(1-15-6)8(12,13)14/h1,7,16H,2H2. The third kappa shape index (κ3) is 2.49. The molecule has 0 aliphatic rings. The number of aliphatic hydroxyl groups excluding tert-OH is 1. The number of nitrogens with zero attached hydrogens (tertiary/aromatic N) is 1. The molecular weight excluding hydrogens is 301 g/mol. The van der Waals surface area contributed by atoms with Crippen LogP contribution in [0.25, 0.3) is 0 Å². The molecule has 1 aromatic heterocycles. The zero-order valence-corrected chi connectivity index (χ0v) is 9.11. The van der Waals surface area contributed by atoms with Crippen molar-refractivity contribution in [2.45, 2.75) is 19.2 Å². The van der Waals surface area contributed by atoms with Gasteiger partial charge < -0.3 is 5.11 Å². The number of aliphatic hydroxyl groups is 1. The minimum Gasteiger partial charge on any atom is -0.392 e. The lowest BCUT2D eigenvalue weighted by Gasteiger charge is -2.15. The molecule has 0 fully saturated rings. The zero-order chi connectivity index (χ0) is 12.5. The molecule has 1 rings (SSSR count). The van der Waals surface area contributed by atoms with Crippen LogP contribution in [0.15, 0.2) is 10.8 Å². The molecule has 1 aromatic rings. The molecule has 0 amide bonds. The van der Waals surface area contributed by atoms with Crippen LogP contribution < -0.4 is 0 Å². The zero-order valence-electron chi connectivity index (χ0n) is 7.52. The maximum atomic E-state index is 12.5. The van der Waals surface area contributed by atoms with E-state index in [0.717, 1.165) is 0 Å².